The number of hydrogen-bond donors (Lipinski definition) is 2. The molecule has 0 saturated heterocycles. The molecule has 2 rings (SSSR count). The Morgan fingerprint density at radius 2 is 2.00 bits per heavy atom. The van der Waals surface area contributed by atoms with Crippen LogP contribution in [0.1, 0.15) is 24.0 Å². The van der Waals surface area contributed by atoms with Crippen molar-refractivity contribution in [2.45, 2.75) is 31.7 Å². The average molecular weight is 259 g/mol. The van der Waals surface area contributed by atoms with Crippen molar-refractivity contribution in [3.63, 3.8) is 0 Å². The van der Waals surface area contributed by atoms with Gasteiger partial charge in [-0.2, -0.15) is 13.2 Å². The molecule has 1 aromatic rings. The minimum Gasteiger partial charge on any atom is -0.393 e. The largest absolute Gasteiger partial charge is 0.416 e. The number of nitrogens with one attached hydrogen (secondary N) is 1. The standard InChI is InChI=1S/C13H16F3NO/c14-13(15,16)11-3-1-2-9(4-11)7-17-8-10-5-12(18)6-10/h1-4,10,12,17-18H,5-8H2. The summed E-state index contributed by atoms with van der Waals surface area (Å²) in [5.41, 5.74) is 0.0190. The van der Waals surface area contributed by atoms with Crippen LogP contribution in [0.3, 0.4) is 0 Å². The molecule has 1 fully saturated rings. The second kappa shape index (κ2) is 5.28. The molecule has 1 saturated carbocycles. The topological polar surface area (TPSA) is 32.3 Å². The molecule has 2 N–H and O–H groups in total. The van der Waals surface area contributed by atoms with E-state index in [0.29, 0.717) is 18.0 Å². The fourth-order valence-corrected chi connectivity index (χ4v) is 2.15. The first kappa shape index (κ1) is 13.4. The molecule has 18 heavy (non-hydrogen) atoms. The van der Waals surface area contributed by atoms with Crippen molar-refractivity contribution in [3.05, 3.63) is 35.4 Å². The van der Waals surface area contributed by atoms with Gasteiger partial charge in [0, 0.05) is 6.54 Å². The Balaban J connectivity index is 1.82. The molecule has 2 nitrogen and oxygen atoms in total. The normalized spacial score (nSPS) is 23.8. The van der Waals surface area contributed by atoms with E-state index in [9.17, 15) is 13.2 Å². The third-order valence-electron chi connectivity index (χ3n) is 3.23. The summed E-state index contributed by atoms with van der Waals surface area (Å²) in [6.45, 7) is 1.17. The van der Waals surface area contributed by atoms with Crippen molar-refractivity contribution in [2.24, 2.45) is 5.92 Å². The molecule has 1 aliphatic rings. The Hall–Kier alpha value is -1.07. The molecular formula is C13H16F3NO. The van der Waals surface area contributed by atoms with Gasteiger partial charge in [0.15, 0.2) is 0 Å². The summed E-state index contributed by atoms with van der Waals surface area (Å²) in [5, 5.41) is 12.2. The second-order valence-electron chi connectivity index (χ2n) is 4.82. The molecule has 1 aromatic carbocycles. The van der Waals surface area contributed by atoms with Crippen LogP contribution in [0, 0.1) is 5.92 Å². The van der Waals surface area contributed by atoms with E-state index >= 15 is 0 Å². The predicted molar refractivity (Wildman–Crippen MR) is 61.9 cm³/mol. The fraction of sp³-hybridized carbons (Fsp3) is 0.538. The number of benzene rings is 1. The third-order valence-corrected chi connectivity index (χ3v) is 3.23. The van der Waals surface area contributed by atoms with Crippen LogP contribution in [0.5, 0.6) is 0 Å². The summed E-state index contributed by atoms with van der Waals surface area (Å²) in [7, 11) is 0. The molecule has 0 atom stereocenters. The van der Waals surface area contributed by atoms with E-state index in [1.54, 1.807) is 6.07 Å². The van der Waals surface area contributed by atoms with E-state index in [-0.39, 0.29) is 6.10 Å². The molecule has 0 heterocycles. The summed E-state index contributed by atoms with van der Waals surface area (Å²) in [6.07, 6.45) is -2.90. The van der Waals surface area contributed by atoms with Crippen molar-refractivity contribution >= 4 is 0 Å². The molecule has 0 aromatic heterocycles. The van der Waals surface area contributed by atoms with Gasteiger partial charge in [-0.3, -0.25) is 0 Å². The van der Waals surface area contributed by atoms with E-state index in [4.69, 9.17) is 5.11 Å². The summed E-state index contributed by atoms with van der Waals surface area (Å²) in [6, 6.07) is 5.35. The summed E-state index contributed by atoms with van der Waals surface area (Å²) >= 11 is 0. The van der Waals surface area contributed by atoms with Gasteiger partial charge < -0.3 is 10.4 Å². The lowest BCUT2D eigenvalue weighted by Gasteiger charge is -2.31. The van der Waals surface area contributed by atoms with Crippen molar-refractivity contribution in [1.82, 2.24) is 5.32 Å². The van der Waals surface area contributed by atoms with Crippen LogP contribution >= 0.6 is 0 Å². The van der Waals surface area contributed by atoms with Gasteiger partial charge in [-0.25, -0.2) is 0 Å². The first-order valence-corrected chi connectivity index (χ1v) is 6.00. The highest BCUT2D eigenvalue weighted by molar-refractivity contribution is 5.25. The Kier molecular flexibility index (Phi) is 3.92. The summed E-state index contributed by atoms with van der Waals surface area (Å²) in [5.74, 6) is 0.450. The van der Waals surface area contributed by atoms with Gasteiger partial charge in [-0.1, -0.05) is 18.2 Å². The van der Waals surface area contributed by atoms with Gasteiger partial charge in [0.25, 0.3) is 0 Å². The van der Waals surface area contributed by atoms with Gasteiger partial charge in [0.05, 0.1) is 11.7 Å². The highest BCUT2D eigenvalue weighted by Gasteiger charge is 2.30. The van der Waals surface area contributed by atoms with E-state index in [0.717, 1.165) is 25.5 Å². The van der Waals surface area contributed by atoms with Crippen LogP contribution in [0.15, 0.2) is 24.3 Å². The van der Waals surface area contributed by atoms with Crippen molar-refractivity contribution in [3.8, 4) is 0 Å². The molecule has 5 heteroatoms. The van der Waals surface area contributed by atoms with Gasteiger partial charge >= 0.3 is 6.18 Å². The van der Waals surface area contributed by atoms with E-state index in [2.05, 4.69) is 5.32 Å². The number of rotatable bonds is 4. The Morgan fingerprint density at radius 3 is 2.61 bits per heavy atom. The maximum absolute atomic E-state index is 12.5. The number of aliphatic hydroxyl groups excluding tert-OH is 1. The molecule has 0 unspecified atom stereocenters. The van der Waals surface area contributed by atoms with E-state index in [1.807, 2.05) is 0 Å². The Labute approximate surface area is 104 Å². The van der Waals surface area contributed by atoms with Gasteiger partial charge in [0.1, 0.15) is 0 Å². The van der Waals surface area contributed by atoms with Gasteiger partial charge in [0.2, 0.25) is 0 Å². The highest BCUT2D eigenvalue weighted by atomic mass is 19.4. The maximum atomic E-state index is 12.5. The van der Waals surface area contributed by atoms with Gasteiger partial charge in [-0.15, -0.1) is 0 Å². The minimum absolute atomic E-state index is 0.189. The van der Waals surface area contributed by atoms with Crippen molar-refractivity contribution < 1.29 is 18.3 Å². The number of halogens is 3. The summed E-state index contributed by atoms with van der Waals surface area (Å²) < 4.78 is 37.4. The first-order valence-electron chi connectivity index (χ1n) is 6.00. The quantitative estimate of drug-likeness (QED) is 0.871. The van der Waals surface area contributed by atoms with E-state index in [1.165, 1.54) is 12.1 Å². The average Bonchev–Trinajstić information content (AvgIpc) is 2.26. The predicted octanol–water partition coefficient (Wildman–Crippen LogP) is 2.57. The number of alkyl halides is 3. The van der Waals surface area contributed by atoms with Crippen molar-refractivity contribution in [1.29, 1.82) is 0 Å². The summed E-state index contributed by atoms with van der Waals surface area (Å²) in [4.78, 5) is 0. The minimum atomic E-state index is -4.28. The zero-order valence-corrected chi connectivity index (χ0v) is 9.87. The molecule has 0 spiro atoms. The molecular weight excluding hydrogens is 243 g/mol. The molecule has 0 bridgehead atoms. The highest BCUT2D eigenvalue weighted by Crippen LogP contribution is 2.29. The van der Waals surface area contributed by atoms with Crippen LogP contribution in [0.25, 0.3) is 0 Å². The smallest absolute Gasteiger partial charge is 0.393 e. The molecule has 1 aliphatic carbocycles. The molecule has 100 valence electrons. The maximum Gasteiger partial charge on any atom is 0.416 e. The Morgan fingerprint density at radius 1 is 1.28 bits per heavy atom. The SMILES string of the molecule is OC1CC(CNCc2cccc(C(F)(F)F)c2)C1. The van der Waals surface area contributed by atoms with Crippen molar-refractivity contribution in [2.75, 3.05) is 6.54 Å². The van der Waals surface area contributed by atoms with E-state index < -0.39 is 11.7 Å². The zero-order valence-electron chi connectivity index (χ0n) is 9.87. The van der Waals surface area contributed by atoms with Gasteiger partial charge in [-0.05, 0) is 36.9 Å². The number of aliphatic hydroxyl groups is 1. The van der Waals surface area contributed by atoms with Crippen LogP contribution in [0.4, 0.5) is 13.2 Å². The Bertz CT molecular complexity index is 399. The third kappa shape index (κ3) is 3.46. The molecule has 0 radical (unpaired) electrons. The monoisotopic (exact) mass is 259 g/mol. The van der Waals surface area contributed by atoms with Crippen LogP contribution in [-0.2, 0) is 12.7 Å². The number of hydrogen-bond acceptors (Lipinski definition) is 2. The first-order chi connectivity index (χ1) is 8.45. The van der Waals surface area contributed by atoms with Crippen LogP contribution in [-0.4, -0.2) is 17.8 Å². The zero-order chi connectivity index (χ0) is 13.2. The second-order valence-corrected chi connectivity index (χ2v) is 4.82. The van der Waals surface area contributed by atoms with Crippen LogP contribution < -0.4 is 5.32 Å². The lowest BCUT2D eigenvalue weighted by Crippen LogP contribution is -2.35. The molecule has 0 amide bonds. The van der Waals surface area contributed by atoms with Crippen LogP contribution in [0.2, 0.25) is 0 Å². The lowest BCUT2D eigenvalue weighted by molar-refractivity contribution is -0.137. The molecule has 0 aliphatic heterocycles. The fourth-order valence-electron chi connectivity index (χ4n) is 2.15. The lowest BCUT2D eigenvalue weighted by atomic mass is 9.82.